The normalized spacial score (nSPS) is 34.4. The average Bonchev–Trinajstić information content (AvgIpc) is 2.12. The van der Waals surface area contributed by atoms with Crippen LogP contribution in [-0.4, -0.2) is 34.7 Å². The lowest BCUT2D eigenvalue weighted by molar-refractivity contribution is -0.182. The second-order valence-electron chi connectivity index (χ2n) is 3.52. The topological polar surface area (TPSA) is 72.8 Å². The molecule has 0 saturated carbocycles. The van der Waals surface area contributed by atoms with Crippen molar-refractivity contribution in [1.29, 1.82) is 0 Å². The Bertz CT molecular complexity index is 309. The molecule has 0 aromatic heterocycles. The van der Waals surface area contributed by atoms with Crippen molar-refractivity contribution < 1.29 is 24.2 Å². The summed E-state index contributed by atoms with van der Waals surface area (Å²) in [7, 11) is 0. The number of ketones is 1. The minimum Gasteiger partial charge on any atom is -0.495 e. The monoisotopic (exact) mass is 214 g/mol. The number of ether oxygens (including phenoxy) is 2. The van der Waals surface area contributed by atoms with Crippen LogP contribution in [0, 0.1) is 0 Å². The Morgan fingerprint density at radius 3 is 2.53 bits per heavy atom. The van der Waals surface area contributed by atoms with Crippen LogP contribution in [0.25, 0.3) is 0 Å². The molecule has 1 heterocycles. The zero-order valence-electron chi connectivity index (χ0n) is 8.89. The van der Waals surface area contributed by atoms with E-state index in [0.29, 0.717) is 0 Å². The number of carbonyl (C=O) groups is 2. The summed E-state index contributed by atoms with van der Waals surface area (Å²) in [6, 6.07) is 0. The third kappa shape index (κ3) is 2.02. The van der Waals surface area contributed by atoms with E-state index in [4.69, 9.17) is 9.47 Å². The zero-order chi connectivity index (χ0) is 11.6. The summed E-state index contributed by atoms with van der Waals surface area (Å²) in [5.41, 5.74) is -1.81. The van der Waals surface area contributed by atoms with Crippen molar-refractivity contribution in [2.75, 3.05) is 0 Å². The van der Waals surface area contributed by atoms with Crippen LogP contribution in [0.15, 0.2) is 12.3 Å². The maximum absolute atomic E-state index is 11.4. The van der Waals surface area contributed by atoms with Gasteiger partial charge in [-0.3, -0.25) is 9.59 Å². The average molecular weight is 214 g/mol. The number of esters is 1. The van der Waals surface area contributed by atoms with Crippen molar-refractivity contribution in [2.45, 2.75) is 38.6 Å². The first-order valence-corrected chi connectivity index (χ1v) is 4.61. The molecule has 1 N–H and O–H groups in total. The van der Waals surface area contributed by atoms with E-state index in [0.717, 1.165) is 0 Å². The molecule has 84 valence electrons. The van der Waals surface area contributed by atoms with Gasteiger partial charge in [0.2, 0.25) is 0 Å². The van der Waals surface area contributed by atoms with Gasteiger partial charge in [0.05, 0.1) is 6.26 Å². The number of aliphatic hydroxyl groups is 1. The number of rotatable bonds is 2. The summed E-state index contributed by atoms with van der Waals surface area (Å²) in [5.74, 6) is -1.05. The SMILES string of the molecule is CC(=O)O[C@H]1C=CO[C@@H](C)[C@@]1(O)C(C)=O. The van der Waals surface area contributed by atoms with Crippen molar-refractivity contribution in [1.82, 2.24) is 0 Å². The number of hydrogen-bond donors (Lipinski definition) is 1. The Morgan fingerprint density at radius 1 is 1.47 bits per heavy atom. The van der Waals surface area contributed by atoms with Gasteiger partial charge in [0.25, 0.3) is 0 Å². The maximum Gasteiger partial charge on any atom is 0.303 e. The maximum atomic E-state index is 11.4. The van der Waals surface area contributed by atoms with Crippen molar-refractivity contribution >= 4 is 11.8 Å². The smallest absolute Gasteiger partial charge is 0.303 e. The van der Waals surface area contributed by atoms with Gasteiger partial charge in [-0.05, 0) is 19.9 Å². The molecular formula is C10H14O5. The molecule has 0 aliphatic carbocycles. The predicted octanol–water partition coefficient (Wildman–Crippen LogP) is 0.171. The molecule has 0 fully saturated rings. The second-order valence-corrected chi connectivity index (χ2v) is 3.52. The van der Waals surface area contributed by atoms with Crippen molar-refractivity contribution in [2.24, 2.45) is 0 Å². The van der Waals surface area contributed by atoms with E-state index in [9.17, 15) is 14.7 Å². The van der Waals surface area contributed by atoms with Crippen LogP contribution in [0.2, 0.25) is 0 Å². The molecule has 1 aliphatic rings. The third-order valence-corrected chi connectivity index (χ3v) is 2.45. The van der Waals surface area contributed by atoms with E-state index >= 15 is 0 Å². The van der Waals surface area contributed by atoms with E-state index in [2.05, 4.69) is 0 Å². The largest absolute Gasteiger partial charge is 0.495 e. The van der Waals surface area contributed by atoms with E-state index in [1.165, 1.54) is 26.2 Å². The van der Waals surface area contributed by atoms with Crippen LogP contribution >= 0.6 is 0 Å². The van der Waals surface area contributed by atoms with Gasteiger partial charge in [-0.25, -0.2) is 0 Å². The van der Waals surface area contributed by atoms with Gasteiger partial charge >= 0.3 is 5.97 Å². The first-order valence-electron chi connectivity index (χ1n) is 4.61. The molecule has 0 aromatic carbocycles. The standard InChI is InChI=1S/C10H14O5/c1-6(11)10(13)7(2)14-5-4-9(10)15-8(3)12/h4-5,7,9,13H,1-3H3/t7-,9-,10-/m0/s1. The lowest BCUT2D eigenvalue weighted by Gasteiger charge is -2.38. The zero-order valence-corrected chi connectivity index (χ0v) is 8.89. The summed E-state index contributed by atoms with van der Waals surface area (Å²) in [6.45, 7) is 3.99. The predicted molar refractivity (Wildman–Crippen MR) is 50.9 cm³/mol. The summed E-state index contributed by atoms with van der Waals surface area (Å²) >= 11 is 0. The Hall–Kier alpha value is -1.36. The summed E-state index contributed by atoms with van der Waals surface area (Å²) in [6.07, 6.45) is 0.930. The van der Waals surface area contributed by atoms with Crippen molar-refractivity contribution in [3.05, 3.63) is 12.3 Å². The molecule has 0 bridgehead atoms. The molecular weight excluding hydrogens is 200 g/mol. The molecule has 0 aromatic rings. The van der Waals surface area contributed by atoms with Gasteiger partial charge in [0.15, 0.2) is 17.5 Å². The molecule has 5 nitrogen and oxygen atoms in total. The van der Waals surface area contributed by atoms with Crippen LogP contribution < -0.4 is 0 Å². The minimum atomic E-state index is -1.81. The summed E-state index contributed by atoms with van der Waals surface area (Å²) in [5, 5.41) is 10.1. The molecule has 0 spiro atoms. The fourth-order valence-corrected chi connectivity index (χ4v) is 1.51. The van der Waals surface area contributed by atoms with Crippen LogP contribution in [0.3, 0.4) is 0 Å². The van der Waals surface area contributed by atoms with Gasteiger partial charge in [0, 0.05) is 6.92 Å². The fraction of sp³-hybridized carbons (Fsp3) is 0.600. The highest BCUT2D eigenvalue weighted by molar-refractivity contribution is 5.87. The highest BCUT2D eigenvalue weighted by Crippen LogP contribution is 2.27. The Morgan fingerprint density at radius 2 is 2.07 bits per heavy atom. The fourth-order valence-electron chi connectivity index (χ4n) is 1.51. The minimum absolute atomic E-state index is 0.495. The lowest BCUT2D eigenvalue weighted by atomic mass is 9.85. The quantitative estimate of drug-likeness (QED) is 0.663. The molecule has 0 saturated heterocycles. The molecule has 1 aliphatic heterocycles. The lowest BCUT2D eigenvalue weighted by Crippen LogP contribution is -2.58. The third-order valence-electron chi connectivity index (χ3n) is 2.45. The van der Waals surface area contributed by atoms with Crippen LogP contribution in [0.1, 0.15) is 20.8 Å². The highest BCUT2D eigenvalue weighted by Gasteiger charge is 2.50. The molecule has 5 heteroatoms. The van der Waals surface area contributed by atoms with E-state index in [1.807, 2.05) is 0 Å². The molecule has 0 amide bonds. The first kappa shape index (κ1) is 11.7. The van der Waals surface area contributed by atoms with E-state index < -0.39 is 29.6 Å². The Labute approximate surface area is 87.7 Å². The Balaban J connectivity index is 3.00. The highest BCUT2D eigenvalue weighted by atomic mass is 16.6. The van der Waals surface area contributed by atoms with E-state index in [-0.39, 0.29) is 0 Å². The molecule has 0 radical (unpaired) electrons. The van der Waals surface area contributed by atoms with Gasteiger partial charge < -0.3 is 14.6 Å². The van der Waals surface area contributed by atoms with Gasteiger partial charge in [-0.15, -0.1) is 0 Å². The van der Waals surface area contributed by atoms with Crippen LogP contribution in [0.5, 0.6) is 0 Å². The summed E-state index contributed by atoms with van der Waals surface area (Å²) < 4.78 is 9.89. The van der Waals surface area contributed by atoms with Crippen molar-refractivity contribution in [3.63, 3.8) is 0 Å². The van der Waals surface area contributed by atoms with Gasteiger partial charge in [-0.2, -0.15) is 0 Å². The van der Waals surface area contributed by atoms with Crippen molar-refractivity contribution in [3.8, 4) is 0 Å². The van der Waals surface area contributed by atoms with Gasteiger partial charge in [0.1, 0.15) is 6.10 Å². The number of carbonyl (C=O) groups excluding carboxylic acids is 2. The molecule has 0 unspecified atom stereocenters. The van der Waals surface area contributed by atoms with E-state index in [1.54, 1.807) is 6.92 Å². The second kappa shape index (κ2) is 4.02. The number of Topliss-reactive ketones (excluding diaryl/α,β-unsaturated/α-hetero) is 1. The summed E-state index contributed by atoms with van der Waals surface area (Å²) in [4.78, 5) is 22.2. The molecule has 15 heavy (non-hydrogen) atoms. The van der Waals surface area contributed by atoms with Crippen LogP contribution in [-0.2, 0) is 19.1 Å². The molecule has 3 atom stereocenters. The molecule has 1 rings (SSSR count). The number of hydrogen-bond acceptors (Lipinski definition) is 5. The van der Waals surface area contributed by atoms with Gasteiger partial charge in [-0.1, -0.05) is 0 Å². The van der Waals surface area contributed by atoms with Crippen LogP contribution in [0.4, 0.5) is 0 Å². The Kier molecular flexibility index (Phi) is 3.14. The first-order chi connectivity index (χ1) is 6.89.